The van der Waals surface area contributed by atoms with E-state index in [4.69, 9.17) is 20.3 Å². The normalized spacial score (nSPS) is 10.6. The van der Waals surface area contributed by atoms with Crippen LogP contribution >= 0.6 is 0 Å². The van der Waals surface area contributed by atoms with Crippen molar-refractivity contribution in [1.82, 2.24) is 0 Å². The van der Waals surface area contributed by atoms with Gasteiger partial charge in [0.15, 0.2) is 23.0 Å². The molecule has 0 saturated carbocycles. The third-order valence-corrected chi connectivity index (χ3v) is 2.38. The minimum Gasteiger partial charge on any atom is -0.450 e. The van der Waals surface area contributed by atoms with Crippen LogP contribution < -0.4 is 11.5 Å². The average Bonchev–Trinajstić information content (AvgIpc) is 3.04. The van der Waals surface area contributed by atoms with Crippen LogP contribution in [0.25, 0.3) is 11.5 Å². The molecule has 0 atom stereocenters. The Labute approximate surface area is 103 Å². The van der Waals surface area contributed by atoms with Crippen LogP contribution in [0.3, 0.4) is 0 Å². The Hall–Kier alpha value is -2.18. The number of ketones is 2. The van der Waals surface area contributed by atoms with Gasteiger partial charge in [0.1, 0.15) is 0 Å². The minimum atomic E-state index is -0.300. The molecular formula is C12H12N2O4. The van der Waals surface area contributed by atoms with E-state index < -0.39 is 0 Å². The molecule has 2 aromatic rings. The van der Waals surface area contributed by atoms with Crippen molar-refractivity contribution in [2.24, 2.45) is 11.5 Å². The number of furan rings is 2. The minimum absolute atomic E-state index is 0.123. The number of nitrogens with two attached hydrogens (primary N) is 2. The summed E-state index contributed by atoms with van der Waals surface area (Å²) in [5, 5.41) is 0. The van der Waals surface area contributed by atoms with Crippen molar-refractivity contribution in [2.45, 2.75) is 0 Å². The summed E-state index contributed by atoms with van der Waals surface area (Å²) < 4.78 is 10.6. The van der Waals surface area contributed by atoms with Crippen LogP contribution in [0.2, 0.25) is 0 Å². The van der Waals surface area contributed by atoms with E-state index in [0.29, 0.717) is 11.5 Å². The molecule has 0 unspecified atom stereocenters. The molecule has 0 spiro atoms. The lowest BCUT2D eigenvalue weighted by Crippen LogP contribution is -2.12. The highest BCUT2D eigenvalue weighted by atomic mass is 16.4. The van der Waals surface area contributed by atoms with Crippen molar-refractivity contribution < 1.29 is 18.4 Å². The summed E-state index contributed by atoms with van der Waals surface area (Å²) in [6, 6.07) is 6.19. The van der Waals surface area contributed by atoms with Gasteiger partial charge in [0.25, 0.3) is 0 Å². The molecule has 18 heavy (non-hydrogen) atoms. The molecule has 6 nitrogen and oxygen atoms in total. The van der Waals surface area contributed by atoms with Crippen LogP contribution in [0.1, 0.15) is 21.1 Å². The SMILES string of the molecule is NCC(=O)c1ccc(-c2ccc(C(=O)CN)o2)o1. The molecule has 0 aliphatic rings. The molecule has 0 aliphatic heterocycles. The van der Waals surface area contributed by atoms with Gasteiger partial charge in [-0.3, -0.25) is 9.59 Å². The number of rotatable bonds is 5. The van der Waals surface area contributed by atoms with E-state index >= 15 is 0 Å². The molecule has 0 aromatic carbocycles. The fourth-order valence-electron chi connectivity index (χ4n) is 1.44. The standard InChI is InChI=1S/C12H12N2O4/c13-5-7(15)9-1-3-11(17-9)12-4-2-10(18-12)8(16)6-14/h1-4H,5-6,13-14H2. The molecule has 2 rings (SSSR count). The van der Waals surface area contributed by atoms with Crippen molar-refractivity contribution >= 4 is 11.6 Å². The first-order chi connectivity index (χ1) is 8.65. The van der Waals surface area contributed by atoms with Crippen LogP contribution in [0, 0.1) is 0 Å². The van der Waals surface area contributed by atoms with Gasteiger partial charge in [0.05, 0.1) is 13.1 Å². The Bertz CT molecular complexity index is 530. The second-order valence-corrected chi connectivity index (χ2v) is 3.58. The Kier molecular flexibility index (Phi) is 3.40. The maximum absolute atomic E-state index is 11.3. The zero-order valence-corrected chi connectivity index (χ0v) is 9.51. The van der Waals surface area contributed by atoms with Gasteiger partial charge in [-0.15, -0.1) is 0 Å². The first kappa shape index (κ1) is 12.3. The van der Waals surface area contributed by atoms with E-state index in [1.807, 2.05) is 0 Å². The van der Waals surface area contributed by atoms with Gasteiger partial charge >= 0.3 is 0 Å². The fourth-order valence-corrected chi connectivity index (χ4v) is 1.44. The van der Waals surface area contributed by atoms with Crippen LogP contribution in [0.5, 0.6) is 0 Å². The first-order valence-corrected chi connectivity index (χ1v) is 5.32. The quantitative estimate of drug-likeness (QED) is 0.757. The number of Topliss-reactive ketones (excluding diaryl/α,β-unsaturated/α-hetero) is 2. The Morgan fingerprint density at radius 3 is 1.56 bits per heavy atom. The van der Waals surface area contributed by atoms with E-state index in [1.54, 1.807) is 12.1 Å². The zero-order valence-electron chi connectivity index (χ0n) is 9.51. The number of carbonyl (C=O) groups excluding carboxylic acids is 2. The maximum Gasteiger partial charge on any atom is 0.211 e. The van der Waals surface area contributed by atoms with Gasteiger partial charge < -0.3 is 20.3 Å². The molecule has 0 radical (unpaired) electrons. The molecule has 0 bridgehead atoms. The lowest BCUT2D eigenvalue weighted by Gasteiger charge is -1.93. The average molecular weight is 248 g/mol. The van der Waals surface area contributed by atoms with Crippen molar-refractivity contribution in [3.8, 4) is 11.5 Å². The summed E-state index contributed by atoms with van der Waals surface area (Å²) in [4.78, 5) is 22.6. The van der Waals surface area contributed by atoms with Crippen molar-refractivity contribution in [1.29, 1.82) is 0 Å². The highest BCUT2D eigenvalue weighted by molar-refractivity contribution is 5.96. The summed E-state index contributed by atoms with van der Waals surface area (Å²) in [7, 11) is 0. The van der Waals surface area contributed by atoms with Crippen LogP contribution in [-0.2, 0) is 0 Å². The summed E-state index contributed by atoms with van der Waals surface area (Å²) in [6.07, 6.45) is 0. The molecule has 94 valence electrons. The second-order valence-electron chi connectivity index (χ2n) is 3.58. The number of hydrogen-bond donors (Lipinski definition) is 2. The maximum atomic E-state index is 11.3. The van der Waals surface area contributed by atoms with E-state index in [1.165, 1.54) is 12.1 Å². The van der Waals surface area contributed by atoms with Crippen molar-refractivity contribution in [3.63, 3.8) is 0 Å². The molecule has 2 heterocycles. The highest BCUT2D eigenvalue weighted by Crippen LogP contribution is 2.24. The van der Waals surface area contributed by atoms with Crippen molar-refractivity contribution in [3.05, 3.63) is 35.8 Å². The van der Waals surface area contributed by atoms with Crippen LogP contribution in [0.4, 0.5) is 0 Å². The summed E-state index contributed by atoms with van der Waals surface area (Å²) >= 11 is 0. The Morgan fingerprint density at radius 1 is 0.833 bits per heavy atom. The summed E-state index contributed by atoms with van der Waals surface area (Å²) in [6.45, 7) is -0.246. The molecule has 0 amide bonds. The molecule has 0 aliphatic carbocycles. The van der Waals surface area contributed by atoms with Crippen molar-refractivity contribution in [2.75, 3.05) is 13.1 Å². The second kappa shape index (κ2) is 4.99. The highest BCUT2D eigenvalue weighted by Gasteiger charge is 2.15. The fraction of sp³-hybridized carbons (Fsp3) is 0.167. The van der Waals surface area contributed by atoms with Crippen LogP contribution in [-0.4, -0.2) is 24.7 Å². The molecule has 0 saturated heterocycles. The lowest BCUT2D eigenvalue weighted by molar-refractivity contribution is 0.0966. The molecule has 6 heteroatoms. The molecule has 0 fully saturated rings. The van der Waals surface area contributed by atoms with E-state index in [2.05, 4.69) is 0 Å². The van der Waals surface area contributed by atoms with Gasteiger partial charge in [0.2, 0.25) is 11.6 Å². The summed E-state index contributed by atoms with van der Waals surface area (Å²) in [5.74, 6) is 0.453. The topological polar surface area (TPSA) is 112 Å². The smallest absolute Gasteiger partial charge is 0.211 e. The van der Waals surface area contributed by atoms with E-state index in [9.17, 15) is 9.59 Å². The van der Waals surface area contributed by atoms with Gasteiger partial charge in [0, 0.05) is 0 Å². The third-order valence-electron chi connectivity index (χ3n) is 2.38. The lowest BCUT2D eigenvalue weighted by atomic mass is 10.3. The molecule has 2 aromatic heterocycles. The van der Waals surface area contributed by atoms with E-state index in [-0.39, 0.29) is 36.2 Å². The Morgan fingerprint density at radius 2 is 1.22 bits per heavy atom. The van der Waals surface area contributed by atoms with Gasteiger partial charge in [-0.05, 0) is 24.3 Å². The third kappa shape index (κ3) is 2.24. The predicted octanol–water partition coefficient (Wildman–Crippen LogP) is 0.822. The number of hydrogen-bond acceptors (Lipinski definition) is 6. The predicted molar refractivity (Wildman–Crippen MR) is 63.2 cm³/mol. The van der Waals surface area contributed by atoms with E-state index in [0.717, 1.165) is 0 Å². The van der Waals surface area contributed by atoms with Gasteiger partial charge in [-0.1, -0.05) is 0 Å². The van der Waals surface area contributed by atoms with Gasteiger partial charge in [-0.25, -0.2) is 0 Å². The summed E-state index contributed by atoms with van der Waals surface area (Å²) in [5.41, 5.74) is 10.4. The van der Waals surface area contributed by atoms with Crippen LogP contribution in [0.15, 0.2) is 33.1 Å². The molecule has 4 N–H and O–H groups in total. The monoisotopic (exact) mass is 248 g/mol. The Balaban J connectivity index is 2.26. The zero-order chi connectivity index (χ0) is 13.1. The first-order valence-electron chi connectivity index (χ1n) is 5.32. The van der Waals surface area contributed by atoms with Gasteiger partial charge in [-0.2, -0.15) is 0 Å². The number of carbonyl (C=O) groups is 2. The largest absolute Gasteiger partial charge is 0.450 e. The molecular weight excluding hydrogens is 236 g/mol.